The summed E-state index contributed by atoms with van der Waals surface area (Å²) in [5, 5.41) is 0. The quantitative estimate of drug-likeness (QED) is 0.632. The molecule has 0 bridgehead atoms. The molecule has 0 N–H and O–H groups in total. The fraction of sp³-hybridized carbons (Fsp3) is 0.391. The summed E-state index contributed by atoms with van der Waals surface area (Å²) in [6.07, 6.45) is 4.25. The normalized spacial score (nSPS) is 16.5. The molecule has 0 spiro atoms. The maximum absolute atomic E-state index is 13.4. The van der Waals surface area contributed by atoms with Crippen molar-refractivity contribution in [2.24, 2.45) is 0 Å². The molecule has 8 heteroatoms. The largest absolute Gasteiger partial charge is 0.379 e. The van der Waals surface area contributed by atoms with Crippen LogP contribution in [0.1, 0.15) is 43.1 Å². The number of hydrogen-bond donors (Lipinski definition) is 0. The predicted molar refractivity (Wildman–Crippen MR) is 114 cm³/mol. The molecule has 0 atom stereocenters. The number of nitrogens with zero attached hydrogens (tertiary/aromatic N) is 4. The van der Waals surface area contributed by atoms with Crippen LogP contribution in [0, 0.1) is 0 Å². The number of fused-ring (bicyclic) bond motifs is 1. The van der Waals surface area contributed by atoms with E-state index in [1.54, 1.807) is 35.5 Å². The molecule has 2 aliphatic heterocycles. The molecule has 0 saturated carbocycles. The summed E-state index contributed by atoms with van der Waals surface area (Å²) in [7, 11) is 1.45. The lowest BCUT2D eigenvalue weighted by molar-refractivity contribution is 0.0355. The molecular weight excluding hydrogens is 396 g/mol. The van der Waals surface area contributed by atoms with E-state index >= 15 is 0 Å². The van der Waals surface area contributed by atoms with Crippen molar-refractivity contribution < 1.29 is 19.1 Å². The van der Waals surface area contributed by atoms with Crippen LogP contribution in [0.3, 0.4) is 0 Å². The molecule has 31 heavy (non-hydrogen) atoms. The summed E-state index contributed by atoms with van der Waals surface area (Å²) in [4.78, 5) is 47.1. The molecule has 1 aromatic carbocycles. The minimum absolute atomic E-state index is 0.156. The zero-order valence-electron chi connectivity index (χ0n) is 17.6. The first-order valence-corrected chi connectivity index (χ1v) is 10.5. The van der Waals surface area contributed by atoms with E-state index in [-0.39, 0.29) is 23.3 Å². The fourth-order valence-electron chi connectivity index (χ4n) is 3.95. The standard InChI is InChI=1S/C23H26N4O4/c1-25-22(29)19-4-3-18(15-20(19)23(25)30)21(28)27(16-17-5-7-24-8-6-17)10-2-9-26-11-13-31-14-12-26/h3-8,15H,2,9-14,16H2,1H3. The van der Waals surface area contributed by atoms with Crippen molar-refractivity contribution in [1.82, 2.24) is 19.7 Å². The van der Waals surface area contributed by atoms with Crippen molar-refractivity contribution in [1.29, 1.82) is 0 Å². The van der Waals surface area contributed by atoms with Gasteiger partial charge in [0.05, 0.1) is 24.3 Å². The summed E-state index contributed by atoms with van der Waals surface area (Å²) < 4.78 is 5.40. The van der Waals surface area contributed by atoms with Gasteiger partial charge in [-0.05, 0) is 42.3 Å². The predicted octanol–water partition coefficient (Wildman–Crippen LogP) is 1.67. The molecule has 162 valence electrons. The number of ether oxygens (including phenoxy) is 1. The highest BCUT2D eigenvalue weighted by atomic mass is 16.5. The highest BCUT2D eigenvalue weighted by molar-refractivity contribution is 6.21. The van der Waals surface area contributed by atoms with Crippen LogP contribution in [0.4, 0.5) is 0 Å². The van der Waals surface area contributed by atoms with Gasteiger partial charge in [0, 0.05) is 57.7 Å². The minimum Gasteiger partial charge on any atom is -0.379 e. The van der Waals surface area contributed by atoms with Gasteiger partial charge in [-0.1, -0.05) is 0 Å². The third-order valence-electron chi connectivity index (χ3n) is 5.75. The Morgan fingerprint density at radius 1 is 1.06 bits per heavy atom. The van der Waals surface area contributed by atoms with Gasteiger partial charge < -0.3 is 9.64 Å². The van der Waals surface area contributed by atoms with Crippen LogP contribution in [0.5, 0.6) is 0 Å². The summed E-state index contributed by atoms with van der Waals surface area (Å²) in [5.74, 6) is -0.864. The lowest BCUT2D eigenvalue weighted by atomic mass is 10.0. The molecular formula is C23H26N4O4. The molecule has 8 nitrogen and oxygen atoms in total. The SMILES string of the molecule is CN1C(=O)c2ccc(C(=O)N(CCCN3CCOCC3)Cc3ccncc3)cc2C1=O. The summed E-state index contributed by atoms with van der Waals surface area (Å²) in [6, 6.07) is 8.53. The number of imide groups is 1. The molecule has 0 radical (unpaired) electrons. The monoisotopic (exact) mass is 422 g/mol. The molecule has 3 amide bonds. The van der Waals surface area contributed by atoms with E-state index in [1.807, 2.05) is 12.1 Å². The van der Waals surface area contributed by atoms with Gasteiger partial charge in [0.15, 0.2) is 0 Å². The third-order valence-corrected chi connectivity index (χ3v) is 5.75. The second-order valence-electron chi connectivity index (χ2n) is 7.82. The van der Waals surface area contributed by atoms with Crippen LogP contribution in [0.2, 0.25) is 0 Å². The number of amides is 3. The van der Waals surface area contributed by atoms with Crippen LogP contribution in [-0.4, -0.2) is 83.8 Å². The van der Waals surface area contributed by atoms with Crippen molar-refractivity contribution in [3.8, 4) is 0 Å². The van der Waals surface area contributed by atoms with Crippen molar-refractivity contribution >= 4 is 17.7 Å². The lowest BCUT2D eigenvalue weighted by Crippen LogP contribution is -2.39. The Labute approximate surface area is 181 Å². The Bertz CT molecular complexity index is 973. The number of benzene rings is 1. The van der Waals surface area contributed by atoms with Crippen LogP contribution in [0.25, 0.3) is 0 Å². The molecule has 4 rings (SSSR count). The molecule has 3 heterocycles. The minimum atomic E-state index is -0.373. The van der Waals surface area contributed by atoms with Gasteiger partial charge in [-0.3, -0.25) is 29.2 Å². The second kappa shape index (κ2) is 9.36. The maximum atomic E-state index is 13.4. The van der Waals surface area contributed by atoms with Crippen LogP contribution >= 0.6 is 0 Å². The first-order valence-electron chi connectivity index (χ1n) is 10.5. The molecule has 0 unspecified atom stereocenters. The highest BCUT2D eigenvalue weighted by Crippen LogP contribution is 2.23. The Morgan fingerprint density at radius 3 is 2.52 bits per heavy atom. The average Bonchev–Trinajstić information content (AvgIpc) is 3.03. The van der Waals surface area contributed by atoms with Gasteiger partial charge in [0.2, 0.25) is 0 Å². The number of carbonyl (C=O) groups is 3. The van der Waals surface area contributed by atoms with E-state index in [4.69, 9.17) is 4.74 Å². The van der Waals surface area contributed by atoms with Crippen molar-refractivity contribution in [2.45, 2.75) is 13.0 Å². The fourth-order valence-corrected chi connectivity index (χ4v) is 3.95. The van der Waals surface area contributed by atoms with Gasteiger partial charge in [-0.15, -0.1) is 0 Å². The van der Waals surface area contributed by atoms with E-state index in [9.17, 15) is 14.4 Å². The Hall–Kier alpha value is -3.10. The summed E-state index contributed by atoms with van der Waals surface area (Å²) >= 11 is 0. The molecule has 1 aromatic heterocycles. The summed E-state index contributed by atoms with van der Waals surface area (Å²) in [5.41, 5.74) is 2.03. The third kappa shape index (κ3) is 4.65. The van der Waals surface area contributed by atoms with E-state index in [2.05, 4.69) is 9.88 Å². The highest BCUT2D eigenvalue weighted by Gasteiger charge is 2.33. The van der Waals surface area contributed by atoms with Crippen molar-refractivity contribution in [2.75, 3.05) is 46.4 Å². The number of pyridine rings is 1. The Kier molecular flexibility index (Phi) is 6.39. The topological polar surface area (TPSA) is 83.1 Å². The average molecular weight is 422 g/mol. The Morgan fingerprint density at radius 2 is 1.77 bits per heavy atom. The van der Waals surface area contributed by atoms with E-state index in [0.717, 1.165) is 49.7 Å². The lowest BCUT2D eigenvalue weighted by Gasteiger charge is -2.28. The number of carbonyl (C=O) groups excluding carboxylic acids is 3. The maximum Gasteiger partial charge on any atom is 0.261 e. The van der Waals surface area contributed by atoms with Crippen LogP contribution in [-0.2, 0) is 11.3 Å². The Balaban J connectivity index is 1.50. The van der Waals surface area contributed by atoms with Crippen LogP contribution < -0.4 is 0 Å². The zero-order valence-corrected chi connectivity index (χ0v) is 17.6. The first kappa shape index (κ1) is 21.1. The van der Waals surface area contributed by atoms with Crippen molar-refractivity contribution in [3.63, 3.8) is 0 Å². The van der Waals surface area contributed by atoms with E-state index in [1.165, 1.54) is 7.05 Å². The molecule has 1 fully saturated rings. The molecule has 2 aliphatic rings. The van der Waals surface area contributed by atoms with Gasteiger partial charge in [-0.2, -0.15) is 0 Å². The second-order valence-corrected chi connectivity index (χ2v) is 7.82. The smallest absolute Gasteiger partial charge is 0.261 e. The van der Waals surface area contributed by atoms with E-state index in [0.29, 0.717) is 24.2 Å². The first-order chi connectivity index (χ1) is 15.0. The number of hydrogen-bond acceptors (Lipinski definition) is 6. The number of rotatable bonds is 7. The molecule has 2 aromatic rings. The summed E-state index contributed by atoms with van der Waals surface area (Å²) in [6.45, 7) is 5.24. The zero-order chi connectivity index (χ0) is 21.8. The van der Waals surface area contributed by atoms with Crippen LogP contribution in [0.15, 0.2) is 42.7 Å². The van der Waals surface area contributed by atoms with Gasteiger partial charge in [0.25, 0.3) is 17.7 Å². The van der Waals surface area contributed by atoms with Gasteiger partial charge in [-0.25, -0.2) is 0 Å². The molecule has 0 aliphatic carbocycles. The van der Waals surface area contributed by atoms with Crippen molar-refractivity contribution in [3.05, 3.63) is 65.0 Å². The number of morpholine rings is 1. The number of aromatic nitrogens is 1. The van der Waals surface area contributed by atoms with Gasteiger partial charge in [0.1, 0.15) is 0 Å². The van der Waals surface area contributed by atoms with E-state index < -0.39 is 0 Å². The van der Waals surface area contributed by atoms with Gasteiger partial charge >= 0.3 is 0 Å². The molecule has 1 saturated heterocycles.